The maximum absolute atomic E-state index is 5.62. The summed E-state index contributed by atoms with van der Waals surface area (Å²) < 4.78 is 11.0. The Kier molecular flexibility index (Phi) is 3.16. The van der Waals surface area contributed by atoms with Crippen LogP contribution in [0.5, 0.6) is 0 Å². The molecule has 1 saturated heterocycles. The second-order valence-electron chi connectivity index (χ2n) is 3.87. The van der Waals surface area contributed by atoms with Crippen LogP contribution in [0.4, 0.5) is 0 Å². The van der Waals surface area contributed by atoms with Crippen LogP contribution in [0, 0.1) is 5.92 Å². The molecule has 0 aromatic heterocycles. The fourth-order valence-electron chi connectivity index (χ4n) is 2.06. The lowest BCUT2D eigenvalue weighted by Crippen LogP contribution is -2.54. The largest absolute Gasteiger partial charge is 0.376 e. The molecule has 2 aliphatic rings. The van der Waals surface area contributed by atoms with E-state index in [1.54, 1.807) is 0 Å². The Morgan fingerprint density at radius 3 is 2.62 bits per heavy atom. The van der Waals surface area contributed by atoms with Gasteiger partial charge in [0, 0.05) is 0 Å². The van der Waals surface area contributed by atoms with Crippen LogP contribution < -0.4 is 11.3 Å². The van der Waals surface area contributed by atoms with Crippen molar-refractivity contribution in [3.8, 4) is 0 Å². The highest BCUT2D eigenvalue weighted by atomic mass is 16.6. The molecule has 0 aromatic carbocycles. The van der Waals surface area contributed by atoms with Crippen LogP contribution >= 0.6 is 0 Å². The van der Waals surface area contributed by atoms with E-state index in [1.165, 1.54) is 19.3 Å². The van der Waals surface area contributed by atoms with Crippen LogP contribution in [-0.4, -0.2) is 32.0 Å². The second-order valence-corrected chi connectivity index (χ2v) is 3.87. The molecule has 2 atom stereocenters. The molecule has 2 rings (SSSR count). The zero-order chi connectivity index (χ0) is 9.10. The number of nitrogens with two attached hydrogens (primary N) is 1. The first-order chi connectivity index (χ1) is 6.42. The quantitative estimate of drug-likeness (QED) is 0.482. The summed E-state index contributed by atoms with van der Waals surface area (Å²) in [4.78, 5) is 0. The summed E-state index contributed by atoms with van der Waals surface area (Å²) in [6, 6.07) is 0.286. The van der Waals surface area contributed by atoms with Crippen LogP contribution in [0.3, 0.4) is 0 Å². The number of rotatable bonds is 3. The van der Waals surface area contributed by atoms with Crippen LogP contribution in [0.1, 0.15) is 19.3 Å². The van der Waals surface area contributed by atoms with Gasteiger partial charge in [0.2, 0.25) is 0 Å². The molecule has 3 N–H and O–H groups in total. The van der Waals surface area contributed by atoms with Crippen molar-refractivity contribution in [3.05, 3.63) is 0 Å². The van der Waals surface area contributed by atoms with E-state index in [1.807, 2.05) is 0 Å². The number of nitrogens with one attached hydrogen (secondary N) is 1. The van der Waals surface area contributed by atoms with Gasteiger partial charge in [-0.3, -0.25) is 11.3 Å². The predicted molar refractivity (Wildman–Crippen MR) is 49.0 cm³/mol. The summed E-state index contributed by atoms with van der Waals surface area (Å²) in [5.74, 6) is 6.22. The molecule has 0 aromatic rings. The Hall–Kier alpha value is -0.160. The minimum atomic E-state index is 0.157. The van der Waals surface area contributed by atoms with Crippen molar-refractivity contribution in [2.75, 3.05) is 19.8 Å². The first-order valence-corrected chi connectivity index (χ1v) is 5.07. The molecule has 76 valence electrons. The van der Waals surface area contributed by atoms with E-state index >= 15 is 0 Å². The van der Waals surface area contributed by atoms with Gasteiger partial charge in [-0.25, -0.2) is 0 Å². The van der Waals surface area contributed by atoms with Gasteiger partial charge in [0.05, 0.1) is 32.0 Å². The van der Waals surface area contributed by atoms with Gasteiger partial charge in [0.15, 0.2) is 0 Å². The Balaban J connectivity index is 1.86. The molecular formula is C9H18N2O2. The van der Waals surface area contributed by atoms with E-state index in [0.717, 1.165) is 6.61 Å². The monoisotopic (exact) mass is 186 g/mol. The molecule has 0 bridgehead atoms. The lowest BCUT2D eigenvalue weighted by molar-refractivity contribution is -0.113. The van der Waals surface area contributed by atoms with E-state index in [9.17, 15) is 0 Å². The third-order valence-electron chi connectivity index (χ3n) is 3.09. The van der Waals surface area contributed by atoms with Crippen molar-refractivity contribution in [2.24, 2.45) is 11.8 Å². The topological polar surface area (TPSA) is 56.5 Å². The molecule has 4 heteroatoms. The van der Waals surface area contributed by atoms with Crippen LogP contribution in [0.25, 0.3) is 0 Å². The number of ether oxygens (including phenoxy) is 2. The summed E-state index contributed by atoms with van der Waals surface area (Å²) in [7, 11) is 0. The Morgan fingerprint density at radius 1 is 1.31 bits per heavy atom. The lowest BCUT2D eigenvalue weighted by Gasteiger charge is -2.39. The average molecular weight is 186 g/mol. The summed E-state index contributed by atoms with van der Waals surface area (Å²) in [6.07, 6.45) is 4.03. The van der Waals surface area contributed by atoms with Crippen molar-refractivity contribution < 1.29 is 9.47 Å². The van der Waals surface area contributed by atoms with E-state index in [4.69, 9.17) is 15.3 Å². The molecule has 0 radical (unpaired) electrons. The first kappa shape index (κ1) is 9.40. The van der Waals surface area contributed by atoms with Crippen molar-refractivity contribution in [2.45, 2.75) is 31.4 Å². The van der Waals surface area contributed by atoms with Gasteiger partial charge in [0.1, 0.15) is 0 Å². The smallest absolute Gasteiger partial charge is 0.0978 e. The Bertz CT molecular complexity index is 156. The van der Waals surface area contributed by atoms with Crippen LogP contribution in [0.15, 0.2) is 0 Å². The second kappa shape index (κ2) is 4.37. The predicted octanol–water partition coefficient (Wildman–Crippen LogP) is 0.0338. The Labute approximate surface area is 78.7 Å². The summed E-state index contributed by atoms with van der Waals surface area (Å²) >= 11 is 0. The van der Waals surface area contributed by atoms with Gasteiger partial charge in [-0.1, -0.05) is 6.42 Å². The molecule has 0 spiro atoms. The van der Waals surface area contributed by atoms with Gasteiger partial charge in [-0.05, 0) is 18.8 Å². The Morgan fingerprint density at radius 2 is 2.15 bits per heavy atom. The summed E-state index contributed by atoms with van der Waals surface area (Å²) in [6.45, 7) is 2.11. The fourth-order valence-corrected chi connectivity index (χ4v) is 2.06. The van der Waals surface area contributed by atoms with Crippen LogP contribution in [-0.2, 0) is 9.47 Å². The zero-order valence-corrected chi connectivity index (χ0v) is 7.87. The minimum absolute atomic E-state index is 0.157. The van der Waals surface area contributed by atoms with Crippen molar-refractivity contribution >= 4 is 0 Å². The van der Waals surface area contributed by atoms with E-state index in [2.05, 4.69) is 5.43 Å². The normalized spacial score (nSPS) is 32.5. The van der Waals surface area contributed by atoms with Gasteiger partial charge in [0.25, 0.3) is 0 Å². The molecule has 4 nitrogen and oxygen atoms in total. The molecule has 1 aliphatic carbocycles. The standard InChI is InChI=1S/C9H18N2O2/c10-11-9(7-2-1-3-7)8-6-12-4-5-13-8/h7-9,11H,1-6,10H2. The maximum atomic E-state index is 5.62. The van der Waals surface area contributed by atoms with Gasteiger partial charge < -0.3 is 9.47 Å². The average Bonchev–Trinajstić information content (AvgIpc) is 2.12. The number of hydrazine groups is 1. The molecule has 2 fully saturated rings. The van der Waals surface area contributed by atoms with Gasteiger partial charge >= 0.3 is 0 Å². The highest BCUT2D eigenvalue weighted by Crippen LogP contribution is 2.31. The van der Waals surface area contributed by atoms with E-state index < -0.39 is 0 Å². The first-order valence-electron chi connectivity index (χ1n) is 5.07. The third kappa shape index (κ3) is 2.02. The lowest BCUT2D eigenvalue weighted by atomic mass is 9.78. The van der Waals surface area contributed by atoms with Crippen molar-refractivity contribution in [1.29, 1.82) is 0 Å². The fraction of sp³-hybridized carbons (Fsp3) is 1.00. The third-order valence-corrected chi connectivity index (χ3v) is 3.09. The van der Waals surface area contributed by atoms with Crippen LogP contribution in [0.2, 0.25) is 0 Å². The molecule has 0 amide bonds. The van der Waals surface area contributed by atoms with Gasteiger partial charge in [-0.2, -0.15) is 0 Å². The van der Waals surface area contributed by atoms with Crippen molar-refractivity contribution in [1.82, 2.24) is 5.43 Å². The van der Waals surface area contributed by atoms with Crippen molar-refractivity contribution in [3.63, 3.8) is 0 Å². The molecule has 1 heterocycles. The zero-order valence-electron chi connectivity index (χ0n) is 7.87. The molecule has 1 saturated carbocycles. The highest BCUT2D eigenvalue weighted by Gasteiger charge is 2.34. The molecule has 13 heavy (non-hydrogen) atoms. The highest BCUT2D eigenvalue weighted by molar-refractivity contribution is 4.88. The summed E-state index contributed by atoms with van der Waals surface area (Å²) in [5, 5.41) is 0. The summed E-state index contributed by atoms with van der Waals surface area (Å²) in [5.41, 5.74) is 2.87. The molecular weight excluding hydrogens is 168 g/mol. The molecule has 1 aliphatic heterocycles. The SMILES string of the molecule is NNC(C1CCC1)C1COCCO1. The number of hydrogen-bond acceptors (Lipinski definition) is 4. The van der Waals surface area contributed by atoms with Gasteiger partial charge in [-0.15, -0.1) is 0 Å². The minimum Gasteiger partial charge on any atom is -0.376 e. The maximum Gasteiger partial charge on any atom is 0.0978 e. The molecule has 2 unspecified atom stereocenters. The van der Waals surface area contributed by atoms with E-state index in [-0.39, 0.29) is 12.1 Å². The van der Waals surface area contributed by atoms with E-state index in [0.29, 0.717) is 19.1 Å². The number of hydrogen-bond donors (Lipinski definition) is 2.